The molecule has 0 bridgehead atoms. The quantitative estimate of drug-likeness (QED) is 0.836. The summed E-state index contributed by atoms with van der Waals surface area (Å²) in [6, 6.07) is 0. The molecule has 0 amide bonds. The second kappa shape index (κ2) is 7.38. The largest absolute Gasteiger partial charge is 0.476 e. The van der Waals surface area contributed by atoms with Gasteiger partial charge in [0.05, 0.1) is 11.9 Å². The Balaban J connectivity index is 1.96. The molecule has 1 saturated carbocycles. The Morgan fingerprint density at radius 1 is 1.38 bits per heavy atom. The van der Waals surface area contributed by atoms with Crippen molar-refractivity contribution in [2.24, 2.45) is 5.92 Å². The van der Waals surface area contributed by atoms with Gasteiger partial charge in [0.2, 0.25) is 0 Å². The van der Waals surface area contributed by atoms with Gasteiger partial charge in [-0.25, -0.2) is 14.8 Å². The van der Waals surface area contributed by atoms with Crippen LogP contribution >= 0.6 is 0 Å². The average Bonchev–Trinajstić information content (AvgIpc) is 2.48. The van der Waals surface area contributed by atoms with Crippen LogP contribution in [0.1, 0.15) is 74.6 Å². The molecule has 1 fully saturated rings. The third-order valence-corrected chi connectivity index (χ3v) is 4.12. The molecule has 0 saturated heterocycles. The van der Waals surface area contributed by atoms with Crippen molar-refractivity contribution in [1.82, 2.24) is 9.97 Å². The molecule has 116 valence electrons. The van der Waals surface area contributed by atoms with Gasteiger partial charge < -0.3 is 10.4 Å². The minimum absolute atomic E-state index is 0.0809. The van der Waals surface area contributed by atoms with Crippen molar-refractivity contribution in [1.29, 1.82) is 0 Å². The van der Waals surface area contributed by atoms with Crippen LogP contribution in [-0.4, -0.2) is 27.6 Å². The maximum Gasteiger partial charge on any atom is 0.356 e. The lowest BCUT2D eigenvalue weighted by atomic mass is 9.87. The molecule has 0 spiro atoms. The van der Waals surface area contributed by atoms with E-state index in [1.54, 1.807) is 6.20 Å². The summed E-state index contributed by atoms with van der Waals surface area (Å²) in [6.45, 7) is 4.70. The van der Waals surface area contributed by atoms with Crippen LogP contribution < -0.4 is 5.32 Å². The van der Waals surface area contributed by atoms with Gasteiger partial charge in [0, 0.05) is 12.5 Å². The minimum atomic E-state index is -1.00. The van der Waals surface area contributed by atoms with Crippen molar-refractivity contribution in [3.63, 3.8) is 0 Å². The molecule has 2 rings (SSSR count). The van der Waals surface area contributed by atoms with Crippen molar-refractivity contribution in [3.8, 4) is 0 Å². The van der Waals surface area contributed by atoms with E-state index in [2.05, 4.69) is 15.3 Å². The zero-order chi connectivity index (χ0) is 15.2. The summed E-state index contributed by atoms with van der Waals surface area (Å²) in [6.07, 6.45) is 9.32. The Labute approximate surface area is 126 Å². The number of hydrogen-bond acceptors (Lipinski definition) is 4. The number of rotatable bonds is 6. The van der Waals surface area contributed by atoms with E-state index in [4.69, 9.17) is 0 Å². The predicted octanol–water partition coefficient (Wildman–Crippen LogP) is 3.68. The first-order valence-corrected chi connectivity index (χ1v) is 7.92. The first-order chi connectivity index (χ1) is 10.1. The van der Waals surface area contributed by atoms with Gasteiger partial charge in [-0.3, -0.25) is 0 Å². The number of nitrogens with zero attached hydrogens (tertiary/aromatic N) is 2. The van der Waals surface area contributed by atoms with Crippen LogP contribution in [0.15, 0.2) is 6.20 Å². The zero-order valence-electron chi connectivity index (χ0n) is 12.9. The molecule has 5 heteroatoms. The third kappa shape index (κ3) is 4.41. The van der Waals surface area contributed by atoms with Gasteiger partial charge in [-0.05, 0) is 12.3 Å². The Kier molecular flexibility index (Phi) is 5.53. The number of hydrogen-bond donors (Lipinski definition) is 2. The summed E-state index contributed by atoms with van der Waals surface area (Å²) in [5, 5.41) is 12.5. The van der Waals surface area contributed by atoms with E-state index < -0.39 is 5.97 Å². The molecule has 1 heterocycles. The normalized spacial score (nSPS) is 16.1. The van der Waals surface area contributed by atoms with Crippen LogP contribution in [0.2, 0.25) is 0 Å². The minimum Gasteiger partial charge on any atom is -0.476 e. The van der Waals surface area contributed by atoms with E-state index in [0.29, 0.717) is 11.5 Å². The highest BCUT2D eigenvalue weighted by molar-refractivity contribution is 5.91. The maximum absolute atomic E-state index is 11.3. The molecule has 5 nitrogen and oxygen atoms in total. The Hall–Kier alpha value is -1.65. The van der Waals surface area contributed by atoms with Gasteiger partial charge in [-0.1, -0.05) is 46.0 Å². The lowest BCUT2D eigenvalue weighted by Gasteiger charge is -2.21. The van der Waals surface area contributed by atoms with Crippen molar-refractivity contribution < 1.29 is 9.90 Å². The molecule has 0 aliphatic heterocycles. The van der Waals surface area contributed by atoms with Crippen molar-refractivity contribution >= 4 is 11.7 Å². The topological polar surface area (TPSA) is 75.1 Å². The monoisotopic (exact) mass is 291 g/mol. The number of aromatic nitrogens is 2. The van der Waals surface area contributed by atoms with E-state index in [0.717, 1.165) is 18.9 Å². The van der Waals surface area contributed by atoms with E-state index >= 15 is 0 Å². The molecule has 0 radical (unpaired) electrons. The first kappa shape index (κ1) is 15.7. The third-order valence-electron chi connectivity index (χ3n) is 4.12. The molecule has 1 aromatic heterocycles. The fraction of sp³-hybridized carbons (Fsp3) is 0.688. The first-order valence-electron chi connectivity index (χ1n) is 7.92. The second-order valence-corrected chi connectivity index (χ2v) is 6.17. The van der Waals surface area contributed by atoms with Crippen LogP contribution in [0.3, 0.4) is 0 Å². The number of anilines is 1. The van der Waals surface area contributed by atoms with E-state index in [1.165, 1.54) is 32.1 Å². The standard InChI is InChI=1S/C16H25N3O2/c1-11(2)15-18-10-13(14(19-15)16(20)21)17-9-8-12-6-4-3-5-7-12/h10-12,17H,3-9H2,1-2H3,(H,20,21). The second-order valence-electron chi connectivity index (χ2n) is 6.17. The molecular weight excluding hydrogens is 266 g/mol. The van der Waals surface area contributed by atoms with E-state index in [1.807, 2.05) is 13.8 Å². The fourth-order valence-corrected chi connectivity index (χ4v) is 2.85. The summed E-state index contributed by atoms with van der Waals surface area (Å²) in [5.74, 6) is 0.472. The molecule has 0 atom stereocenters. The highest BCUT2D eigenvalue weighted by Gasteiger charge is 2.17. The number of carboxylic acids is 1. The highest BCUT2D eigenvalue weighted by atomic mass is 16.4. The molecular formula is C16H25N3O2. The fourth-order valence-electron chi connectivity index (χ4n) is 2.85. The SMILES string of the molecule is CC(C)c1ncc(NCCC2CCCCC2)c(C(=O)O)n1. The predicted molar refractivity (Wildman–Crippen MR) is 82.8 cm³/mol. The molecule has 0 unspecified atom stereocenters. The van der Waals surface area contributed by atoms with Crippen LogP contribution in [0.25, 0.3) is 0 Å². The summed E-state index contributed by atoms with van der Waals surface area (Å²) < 4.78 is 0. The molecule has 1 aliphatic carbocycles. The van der Waals surface area contributed by atoms with Gasteiger partial charge in [0.15, 0.2) is 5.69 Å². The Morgan fingerprint density at radius 2 is 2.10 bits per heavy atom. The van der Waals surface area contributed by atoms with Crippen molar-refractivity contribution in [2.45, 2.75) is 58.3 Å². The van der Waals surface area contributed by atoms with Gasteiger partial charge >= 0.3 is 5.97 Å². The van der Waals surface area contributed by atoms with Gasteiger partial charge in [-0.2, -0.15) is 0 Å². The summed E-state index contributed by atoms with van der Waals surface area (Å²) in [5.41, 5.74) is 0.611. The number of aromatic carboxylic acids is 1. The molecule has 2 N–H and O–H groups in total. The molecule has 0 aromatic carbocycles. The lowest BCUT2D eigenvalue weighted by Crippen LogP contribution is -2.16. The summed E-state index contributed by atoms with van der Waals surface area (Å²) >= 11 is 0. The molecule has 1 aliphatic rings. The van der Waals surface area contributed by atoms with Crippen LogP contribution in [-0.2, 0) is 0 Å². The summed E-state index contributed by atoms with van der Waals surface area (Å²) in [4.78, 5) is 19.7. The highest BCUT2D eigenvalue weighted by Crippen LogP contribution is 2.26. The maximum atomic E-state index is 11.3. The zero-order valence-corrected chi connectivity index (χ0v) is 12.9. The van der Waals surface area contributed by atoms with Gasteiger partial charge in [0.25, 0.3) is 0 Å². The molecule has 1 aromatic rings. The molecule has 21 heavy (non-hydrogen) atoms. The van der Waals surface area contributed by atoms with E-state index in [9.17, 15) is 9.90 Å². The average molecular weight is 291 g/mol. The number of nitrogens with one attached hydrogen (secondary N) is 1. The van der Waals surface area contributed by atoms with Crippen molar-refractivity contribution in [3.05, 3.63) is 17.7 Å². The van der Waals surface area contributed by atoms with Gasteiger partial charge in [0.1, 0.15) is 5.82 Å². The van der Waals surface area contributed by atoms with E-state index in [-0.39, 0.29) is 11.6 Å². The van der Waals surface area contributed by atoms with Crippen LogP contribution in [0.4, 0.5) is 5.69 Å². The smallest absolute Gasteiger partial charge is 0.356 e. The van der Waals surface area contributed by atoms with Crippen LogP contribution in [0.5, 0.6) is 0 Å². The number of carboxylic acid groups (broad SMARTS) is 1. The van der Waals surface area contributed by atoms with Crippen LogP contribution in [0, 0.1) is 5.92 Å². The number of carbonyl (C=O) groups is 1. The van der Waals surface area contributed by atoms with Gasteiger partial charge in [-0.15, -0.1) is 0 Å². The Morgan fingerprint density at radius 3 is 2.71 bits per heavy atom. The summed E-state index contributed by atoms with van der Waals surface area (Å²) in [7, 11) is 0. The van der Waals surface area contributed by atoms with Crippen molar-refractivity contribution in [2.75, 3.05) is 11.9 Å². The Bertz CT molecular complexity index is 482. The lowest BCUT2D eigenvalue weighted by molar-refractivity contribution is 0.0691.